The van der Waals surface area contributed by atoms with Crippen molar-refractivity contribution in [1.29, 1.82) is 0 Å². The summed E-state index contributed by atoms with van der Waals surface area (Å²) in [5.41, 5.74) is 0. The average Bonchev–Trinajstić information content (AvgIpc) is 2.35. The summed E-state index contributed by atoms with van der Waals surface area (Å²) in [4.78, 5) is 0. The first kappa shape index (κ1) is 13.9. The molecule has 0 bridgehead atoms. The second-order valence-corrected chi connectivity index (χ2v) is 4.65. The number of methoxy groups -OCH3 is 1. The zero-order valence-corrected chi connectivity index (χ0v) is 11.0. The van der Waals surface area contributed by atoms with Gasteiger partial charge in [0, 0.05) is 13.7 Å². The Balaban J connectivity index is 2.47. The van der Waals surface area contributed by atoms with Gasteiger partial charge in [0.1, 0.15) is 0 Å². The highest BCUT2D eigenvalue weighted by molar-refractivity contribution is 4.83. The highest BCUT2D eigenvalue weighted by atomic mass is 16.5. The maximum atomic E-state index is 5.70. The van der Waals surface area contributed by atoms with E-state index in [2.05, 4.69) is 5.32 Å². The summed E-state index contributed by atoms with van der Waals surface area (Å²) in [6.07, 6.45) is 7.02. The van der Waals surface area contributed by atoms with Crippen molar-refractivity contribution in [3.8, 4) is 0 Å². The van der Waals surface area contributed by atoms with Crippen LogP contribution in [-0.4, -0.2) is 39.5 Å². The fourth-order valence-corrected chi connectivity index (χ4v) is 2.74. The van der Waals surface area contributed by atoms with Crippen LogP contribution in [0.3, 0.4) is 0 Å². The molecule has 16 heavy (non-hydrogen) atoms. The van der Waals surface area contributed by atoms with E-state index >= 15 is 0 Å². The molecule has 1 fully saturated rings. The predicted octanol–water partition coefficient (Wildman–Crippen LogP) is 2.21. The molecule has 3 nitrogen and oxygen atoms in total. The van der Waals surface area contributed by atoms with Gasteiger partial charge in [0.25, 0.3) is 0 Å². The van der Waals surface area contributed by atoms with E-state index in [0.29, 0.717) is 18.1 Å². The lowest BCUT2D eigenvalue weighted by Gasteiger charge is -2.34. The topological polar surface area (TPSA) is 30.5 Å². The van der Waals surface area contributed by atoms with E-state index in [1.807, 2.05) is 21.1 Å². The maximum Gasteiger partial charge on any atom is 0.0774 e. The molecule has 1 aliphatic rings. The van der Waals surface area contributed by atoms with Crippen molar-refractivity contribution in [2.24, 2.45) is 5.92 Å². The van der Waals surface area contributed by atoms with E-state index in [0.717, 1.165) is 13.2 Å². The van der Waals surface area contributed by atoms with Crippen LogP contribution in [0.5, 0.6) is 0 Å². The van der Waals surface area contributed by atoms with Crippen LogP contribution < -0.4 is 5.32 Å². The number of ether oxygens (including phenoxy) is 2. The van der Waals surface area contributed by atoms with E-state index in [1.165, 1.54) is 32.1 Å². The van der Waals surface area contributed by atoms with Gasteiger partial charge in [0.15, 0.2) is 0 Å². The molecule has 1 rings (SSSR count). The van der Waals surface area contributed by atoms with Gasteiger partial charge >= 0.3 is 0 Å². The molecule has 96 valence electrons. The van der Waals surface area contributed by atoms with Crippen molar-refractivity contribution in [2.75, 3.05) is 27.4 Å². The standard InChI is InChI=1S/C13H27NO2/c1-4-16-10-12(14-2)13(15-3)11-8-6-5-7-9-11/h11-14H,4-10H2,1-3H3. The summed E-state index contributed by atoms with van der Waals surface area (Å²) >= 11 is 0. The molecule has 3 heteroatoms. The molecular weight excluding hydrogens is 202 g/mol. The van der Waals surface area contributed by atoms with E-state index in [9.17, 15) is 0 Å². The second-order valence-electron chi connectivity index (χ2n) is 4.65. The van der Waals surface area contributed by atoms with Crippen LogP contribution in [-0.2, 0) is 9.47 Å². The highest BCUT2D eigenvalue weighted by Crippen LogP contribution is 2.29. The molecule has 0 amide bonds. The Kier molecular flexibility index (Phi) is 7.01. The van der Waals surface area contributed by atoms with Gasteiger partial charge in [-0.25, -0.2) is 0 Å². The fraction of sp³-hybridized carbons (Fsp3) is 1.00. The number of nitrogens with one attached hydrogen (secondary N) is 1. The molecule has 1 aliphatic carbocycles. The zero-order chi connectivity index (χ0) is 11.8. The van der Waals surface area contributed by atoms with Crippen molar-refractivity contribution in [3.63, 3.8) is 0 Å². The second kappa shape index (κ2) is 8.04. The minimum absolute atomic E-state index is 0.303. The summed E-state index contributed by atoms with van der Waals surface area (Å²) in [5, 5.41) is 3.34. The lowest BCUT2D eigenvalue weighted by atomic mass is 9.82. The van der Waals surface area contributed by atoms with Gasteiger partial charge in [-0.05, 0) is 32.7 Å². The van der Waals surface area contributed by atoms with Gasteiger partial charge < -0.3 is 14.8 Å². The van der Waals surface area contributed by atoms with Crippen LogP contribution in [0.15, 0.2) is 0 Å². The lowest BCUT2D eigenvalue weighted by Crippen LogP contribution is -2.47. The van der Waals surface area contributed by atoms with Crippen LogP contribution in [0.25, 0.3) is 0 Å². The number of hydrogen-bond donors (Lipinski definition) is 1. The van der Waals surface area contributed by atoms with E-state index in [4.69, 9.17) is 9.47 Å². The predicted molar refractivity (Wildman–Crippen MR) is 66.7 cm³/mol. The molecular formula is C13H27NO2. The maximum absolute atomic E-state index is 5.70. The van der Waals surface area contributed by atoms with Crippen molar-refractivity contribution in [3.05, 3.63) is 0 Å². The lowest BCUT2D eigenvalue weighted by molar-refractivity contribution is -0.0167. The summed E-state index contributed by atoms with van der Waals surface area (Å²) in [5.74, 6) is 0.705. The first-order chi connectivity index (χ1) is 7.83. The quantitative estimate of drug-likeness (QED) is 0.726. The molecule has 1 N–H and O–H groups in total. The molecule has 0 aromatic carbocycles. The van der Waals surface area contributed by atoms with Crippen molar-refractivity contribution in [1.82, 2.24) is 5.32 Å². The third-order valence-corrected chi connectivity index (χ3v) is 3.66. The SMILES string of the molecule is CCOCC(NC)C(OC)C1CCCCC1. The summed E-state index contributed by atoms with van der Waals surface area (Å²) in [7, 11) is 3.83. The van der Waals surface area contributed by atoms with Crippen LogP contribution in [0.4, 0.5) is 0 Å². The van der Waals surface area contributed by atoms with E-state index in [-0.39, 0.29) is 0 Å². The van der Waals surface area contributed by atoms with E-state index in [1.54, 1.807) is 0 Å². The summed E-state index contributed by atoms with van der Waals surface area (Å²) in [6.45, 7) is 3.57. The Morgan fingerprint density at radius 3 is 2.44 bits per heavy atom. The third-order valence-electron chi connectivity index (χ3n) is 3.66. The average molecular weight is 229 g/mol. The Morgan fingerprint density at radius 1 is 1.25 bits per heavy atom. The molecule has 0 aromatic rings. The highest BCUT2D eigenvalue weighted by Gasteiger charge is 2.29. The molecule has 0 aliphatic heterocycles. The molecule has 0 spiro atoms. The monoisotopic (exact) mass is 229 g/mol. The van der Waals surface area contributed by atoms with Crippen molar-refractivity contribution in [2.45, 2.75) is 51.2 Å². The van der Waals surface area contributed by atoms with E-state index < -0.39 is 0 Å². The van der Waals surface area contributed by atoms with Crippen LogP contribution in [0, 0.1) is 5.92 Å². The fourth-order valence-electron chi connectivity index (χ4n) is 2.74. The Bertz CT molecular complexity index is 169. The normalized spacial score (nSPS) is 21.9. The molecule has 2 unspecified atom stereocenters. The number of likely N-dealkylation sites (N-methyl/N-ethyl adjacent to an activating group) is 1. The molecule has 2 atom stereocenters. The van der Waals surface area contributed by atoms with Crippen molar-refractivity contribution >= 4 is 0 Å². The Labute approximate surface area is 99.9 Å². The Hall–Kier alpha value is -0.120. The molecule has 1 saturated carbocycles. The van der Waals surface area contributed by atoms with Crippen LogP contribution in [0.1, 0.15) is 39.0 Å². The Morgan fingerprint density at radius 2 is 1.94 bits per heavy atom. The summed E-state index contributed by atoms with van der Waals surface area (Å²) in [6, 6.07) is 0.327. The van der Waals surface area contributed by atoms with Gasteiger partial charge in [-0.15, -0.1) is 0 Å². The minimum Gasteiger partial charge on any atom is -0.380 e. The smallest absolute Gasteiger partial charge is 0.0774 e. The van der Waals surface area contributed by atoms with Gasteiger partial charge in [-0.1, -0.05) is 19.3 Å². The number of hydrogen-bond acceptors (Lipinski definition) is 3. The first-order valence-electron chi connectivity index (χ1n) is 6.61. The molecule has 0 radical (unpaired) electrons. The number of rotatable bonds is 7. The third kappa shape index (κ3) is 4.04. The molecule has 0 aromatic heterocycles. The molecule has 0 saturated heterocycles. The van der Waals surface area contributed by atoms with Crippen LogP contribution >= 0.6 is 0 Å². The summed E-state index contributed by atoms with van der Waals surface area (Å²) < 4.78 is 11.2. The van der Waals surface area contributed by atoms with Gasteiger partial charge in [0.05, 0.1) is 18.8 Å². The minimum atomic E-state index is 0.303. The zero-order valence-electron chi connectivity index (χ0n) is 11.0. The first-order valence-corrected chi connectivity index (χ1v) is 6.61. The van der Waals surface area contributed by atoms with Gasteiger partial charge in [-0.3, -0.25) is 0 Å². The van der Waals surface area contributed by atoms with Crippen molar-refractivity contribution < 1.29 is 9.47 Å². The largest absolute Gasteiger partial charge is 0.380 e. The van der Waals surface area contributed by atoms with Gasteiger partial charge in [-0.2, -0.15) is 0 Å². The molecule has 0 heterocycles. The van der Waals surface area contributed by atoms with Gasteiger partial charge in [0.2, 0.25) is 0 Å². The van der Waals surface area contributed by atoms with Crippen LogP contribution in [0.2, 0.25) is 0 Å².